The van der Waals surface area contributed by atoms with E-state index in [1.54, 1.807) is 0 Å². The van der Waals surface area contributed by atoms with E-state index in [2.05, 4.69) is 17.1 Å². The third kappa shape index (κ3) is 1.50. The van der Waals surface area contributed by atoms with Crippen LogP contribution in [0.3, 0.4) is 0 Å². The van der Waals surface area contributed by atoms with Crippen LogP contribution in [0.15, 0.2) is 0 Å². The summed E-state index contributed by atoms with van der Waals surface area (Å²) in [7, 11) is 0. The zero-order valence-electron chi connectivity index (χ0n) is 8.10. The van der Waals surface area contributed by atoms with Crippen LogP contribution in [0, 0.1) is 5.41 Å². The molecule has 0 amide bonds. The van der Waals surface area contributed by atoms with Crippen LogP contribution in [0.5, 0.6) is 0 Å². The molecular weight excluding hydrogens is 148 g/mol. The van der Waals surface area contributed by atoms with E-state index in [4.69, 9.17) is 0 Å². The predicted octanol–water partition coefficient (Wildman–Crippen LogP) is 1.08. The van der Waals surface area contributed by atoms with Gasteiger partial charge in [-0.1, -0.05) is 6.92 Å². The molecule has 2 fully saturated rings. The van der Waals surface area contributed by atoms with Gasteiger partial charge >= 0.3 is 0 Å². The van der Waals surface area contributed by atoms with E-state index in [9.17, 15) is 0 Å². The molecule has 2 aliphatic rings. The first-order chi connectivity index (χ1) is 5.85. The molecule has 0 aromatic rings. The van der Waals surface area contributed by atoms with E-state index in [-0.39, 0.29) is 0 Å². The maximum atomic E-state index is 3.49. The van der Waals surface area contributed by atoms with Crippen molar-refractivity contribution in [1.82, 2.24) is 10.2 Å². The van der Waals surface area contributed by atoms with Crippen molar-refractivity contribution in [2.45, 2.75) is 26.2 Å². The second kappa shape index (κ2) is 3.35. The van der Waals surface area contributed by atoms with E-state index < -0.39 is 0 Å². The third-order valence-electron chi connectivity index (χ3n) is 3.39. The molecule has 2 heterocycles. The molecule has 2 rings (SSSR count). The fourth-order valence-corrected chi connectivity index (χ4v) is 2.68. The molecule has 1 N–H and O–H groups in total. The van der Waals surface area contributed by atoms with E-state index in [1.165, 1.54) is 52.0 Å². The van der Waals surface area contributed by atoms with Gasteiger partial charge < -0.3 is 10.2 Å². The Bertz CT molecular complexity index is 150. The summed E-state index contributed by atoms with van der Waals surface area (Å²) in [6.07, 6.45) is 4.15. The Morgan fingerprint density at radius 1 is 1.42 bits per heavy atom. The summed E-state index contributed by atoms with van der Waals surface area (Å²) >= 11 is 0. The maximum absolute atomic E-state index is 3.49. The monoisotopic (exact) mass is 168 g/mol. The second-order valence-electron chi connectivity index (χ2n) is 4.45. The van der Waals surface area contributed by atoms with Crippen molar-refractivity contribution in [3.05, 3.63) is 0 Å². The minimum absolute atomic E-state index is 0.676. The van der Waals surface area contributed by atoms with E-state index in [1.807, 2.05) is 0 Å². The van der Waals surface area contributed by atoms with Crippen molar-refractivity contribution in [2.24, 2.45) is 5.41 Å². The lowest BCUT2D eigenvalue weighted by atomic mass is 9.87. The van der Waals surface area contributed by atoms with E-state index in [0.717, 1.165) is 0 Å². The van der Waals surface area contributed by atoms with Crippen LogP contribution >= 0.6 is 0 Å². The molecule has 2 saturated heterocycles. The van der Waals surface area contributed by atoms with Crippen LogP contribution in [-0.2, 0) is 0 Å². The standard InChI is InChI=1S/C10H20N2/c1-2-6-12-7-4-10(9-12)3-5-11-8-10/h11H,2-9H2,1H3. The zero-order valence-corrected chi connectivity index (χ0v) is 8.10. The largest absolute Gasteiger partial charge is 0.316 e. The zero-order chi connectivity index (χ0) is 8.44. The van der Waals surface area contributed by atoms with Gasteiger partial charge in [0.15, 0.2) is 0 Å². The Hall–Kier alpha value is -0.0800. The number of nitrogens with one attached hydrogen (secondary N) is 1. The van der Waals surface area contributed by atoms with Crippen molar-refractivity contribution in [3.63, 3.8) is 0 Å². The summed E-state index contributed by atoms with van der Waals surface area (Å²) in [5.74, 6) is 0. The summed E-state index contributed by atoms with van der Waals surface area (Å²) in [4.78, 5) is 2.63. The first-order valence-corrected chi connectivity index (χ1v) is 5.28. The van der Waals surface area contributed by atoms with Gasteiger partial charge in [0.1, 0.15) is 0 Å². The van der Waals surface area contributed by atoms with Gasteiger partial charge in [-0.05, 0) is 44.3 Å². The van der Waals surface area contributed by atoms with Gasteiger partial charge in [0, 0.05) is 13.1 Å². The summed E-state index contributed by atoms with van der Waals surface area (Å²) in [5.41, 5.74) is 0.676. The van der Waals surface area contributed by atoms with Gasteiger partial charge in [-0.2, -0.15) is 0 Å². The van der Waals surface area contributed by atoms with Crippen molar-refractivity contribution in [2.75, 3.05) is 32.7 Å². The molecule has 0 radical (unpaired) electrons. The molecule has 1 spiro atoms. The lowest BCUT2D eigenvalue weighted by Gasteiger charge is -2.22. The van der Waals surface area contributed by atoms with Gasteiger partial charge in [-0.15, -0.1) is 0 Å². The van der Waals surface area contributed by atoms with Crippen LogP contribution in [-0.4, -0.2) is 37.6 Å². The molecule has 0 aliphatic carbocycles. The third-order valence-corrected chi connectivity index (χ3v) is 3.39. The molecule has 2 aliphatic heterocycles. The molecule has 70 valence electrons. The fraction of sp³-hybridized carbons (Fsp3) is 1.00. The van der Waals surface area contributed by atoms with Crippen molar-refractivity contribution in [3.8, 4) is 0 Å². The number of hydrogen-bond donors (Lipinski definition) is 1. The van der Waals surface area contributed by atoms with Crippen LogP contribution in [0.1, 0.15) is 26.2 Å². The average molecular weight is 168 g/mol. The van der Waals surface area contributed by atoms with Crippen LogP contribution in [0.2, 0.25) is 0 Å². The summed E-state index contributed by atoms with van der Waals surface area (Å²) < 4.78 is 0. The van der Waals surface area contributed by atoms with Crippen LogP contribution < -0.4 is 5.32 Å². The van der Waals surface area contributed by atoms with Crippen molar-refractivity contribution >= 4 is 0 Å². The number of likely N-dealkylation sites (tertiary alicyclic amines) is 1. The predicted molar refractivity (Wildman–Crippen MR) is 51.3 cm³/mol. The molecule has 1 unspecified atom stereocenters. The van der Waals surface area contributed by atoms with Gasteiger partial charge in [0.05, 0.1) is 0 Å². The molecule has 12 heavy (non-hydrogen) atoms. The highest BCUT2D eigenvalue weighted by Crippen LogP contribution is 2.35. The van der Waals surface area contributed by atoms with Gasteiger partial charge in [-0.3, -0.25) is 0 Å². The van der Waals surface area contributed by atoms with Gasteiger partial charge in [0.2, 0.25) is 0 Å². The fourth-order valence-electron chi connectivity index (χ4n) is 2.68. The Morgan fingerprint density at radius 2 is 2.33 bits per heavy atom. The smallest absolute Gasteiger partial charge is 0.00511 e. The minimum Gasteiger partial charge on any atom is -0.316 e. The lowest BCUT2D eigenvalue weighted by Crippen LogP contribution is -2.29. The Kier molecular flexibility index (Phi) is 2.37. The Morgan fingerprint density at radius 3 is 3.00 bits per heavy atom. The van der Waals surface area contributed by atoms with Crippen LogP contribution in [0.4, 0.5) is 0 Å². The molecule has 0 saturated carbocycles. The second-order valence-corrected chi connectivity index (χ2v) is 4.45. The first kappa shape index (κ1) is 8.52. The highest BCUT2D eigenvalue weighted by atomic mass is 15.2. The molecule has 0 aromatic heterocycles. The molecule has 1 atom stereocenters. The Labute approximate surface area is 75.3 Å². The van der Waals surface area contributed by atoms with Gasteiger partial charge in [-0.25, -0.2) is 0 Å². The van der Waals surface area contributed by atoms with Crippen molar-refractivity contribution in [1.29, 1.82) is 0 Å². The van der Waals surface area contributed by atoms with E-state index >= 15 is 0 Å². The van der Waals surface area contributed by atoms with E-state index in [0.29, 0.717) is 5.41 Å². The van der Waals surface area contributed by atoms with Gasteiger partial charge in [0.25, 0.3) is 0 Å². The quantitative estimate of drug-likeness (QED) is 0.664. The molecule has 2 heteroatoms. The minimum atomic E-state index is 0.676. The molecule has 0 bridgehead atoms. The SMILES string of the molecule is CCCN1CCC2(CCNC2)C1. The topological polar surface area (TPSA) is 15.3 Å². The highest BCUT2D eigenvalue weighted by Gasteiger charge is 2.39. The molecule has 0 aromatic carbocycles. The number of nitrogens with zero attached hydrogens (tertiary/aromatic N) is 1. The average Bonchev–Trinajstić information content (AvgIpc) is 2.65. The normalized spacial score (nSPS) is 36.8. The summed E-state index contributed by atoms with van der Waals surface area (Å²) in [5, 5.41) is 3.49. The first-order valence-electron chi connectivity index (χ1n) is 5.28. The summed E-state index contributed by atoms with van der Waals surface area (Å²) in [6.45, 7) is 8.80. The van der Waals surface area contributed by atoms with Crippen molar-refractivity contribution < 1.29 is 0 Å². The summed E-state index contributed by atoms with van der Waals surface area (Å²) in [6, 6.07) is 0. The number of hydrogen-bond acceptors (Lipinski definition) is 2. The lowest BCUT2D eigenvalue weighted by molar-refractivity contribution is 0.275. The Balaban J connectivity index is 1.88. The highest BCUT2D eigenvalue weighted by molar-refractivity contribution is 4.95. The molecular formula is C10H20N2. The van der Waals surface area contributed by atoms with Crippen LogP contribution in [0.25, 0.3) is 0 Å². The number of rotatable bonds is 2. The molecule has 2 nitrogen and oxygen atoms in total. The maximum Gasteiger partial charge on any atom is 0.00511 e.